The maximum atomic E-state index is 14.2. The molecular weight excluding hydrogens is 445 g/mol. The summed E-state index contributed by atoms with van der Waals surface area (Å²) >= 11 is 6.02. The van der Waals surface area contributed by atoms with Gasteiger partial charge >= 0.3 is 0 Å². The molecule has 3 rings (SSSR count). The Morgan fingerprint density at radius 3 is 2.63 bits per heavy atom. The fourth-order valence-corrected chi connectivity index (χ4v) is 3.75. The van der Waals surface area contributed by atoms with Gasteiger partial charge in [0.05, 0.1) is 17.5 Å². The first kappa shape index (κ1) is 21.9. The molecular formula is C18H16ClF3N4O3S. The lowest BCUT2D eigenvalue weighted by molar-refractivity contribution is 0.0770. The summed E-state index contributed by atoms with van der Waals surface area (Å²) in [6.07, 6.45) is -2.79. The lowest BCUT2D eigenvalue weighted by Crippen LogP contribution is -2.12. The fraction of sp³-hybridized carbons (Fsp3) is 0.222. The number of nitrogens with zero attached hydrogens (tertiary/aromatic N) is 2. The molecule has 0 radical (unpaired) electrons. The highest BCUT2D eigenvalue weighted by Crippen LogP contribution is 2.31. The standard InChI is InChI=1S/C18H16ClF3N4O3S/c1-23-16-7-14(10-4-3-9(19)5-12(10)24-16)30(27)26-13-6-11(20)17(25-18(13)28-2)29-8-15(21)22/h3-7,15,26H,8H2,1-2H3,(H,23,24). The van der Waals surface area contributed by atoms with Gasteiger partial charge in [-0.15, -0.1) is 0 Å². The summed E-state index contributed by atoms with van der Waals surface area (Å²) in [7, 11) is 1.01. The number of pyridine rings is 2. The minimum absolute atomic E-state index is 0.0531. The van der Waals surface area contributed by atoms with Gasteiger partial charge in [-0.2, -0.15) is 4.98 Å². The van der Waals surface area contributed by atoms with Crippen LogP contribution >= 0.6 is 11.6 Å². The predicted molar refractivity (Wildman–Crippen MR) is 109 cm³/mol. The van der Waals surface area contributed by atoms with E-state index in [2.05, 4.69) is 24.7 Å². The van der Waals surface area contributed by atoms with E-state index in [1.807, 2.05) is 0 Å². The molecule has 160 valence electrons. The van der Waals surface area contributed by atoms with Crippen molar-refractivity contribution < 1.29 is 26.9 Å². The number of alkyl halides is 2. The number of fused-ring (bicyclic) bond motifs is 1. The Morgan fingerprint density at radius 1 is 1.20 bits per heavy atom. The first-order valence-corrected chi connectivity index (χ1v) is 9.97. The fourth-order valence-electron chi connectivity index (χ4n) is 2.53. The third-order valence-electron chi connectivity index (χ3n) is 3.84. The van der Waals surface area contributed by atoms with Crippen LogP contribution in [0.25, 0.3) is 10.9 Å². The summed E-state index contributed by atoms with van der Waals surface area (Å²) in [5.41, 5.74) is 0.453. The maximum absolute atomic E-state index is 14.2. The van der Waals surface area contributed by atoms with E-state index in [-0.39, 0.29) is 11.6 Å². The Labute approximate surface area is 177 Å². The SMILES string of the molecule is CNc1cc(S(=O)Nc2cc(F)c(OCC(F)F)nc2OC)c2ccc(Cl)cc2n1. The van der Waals surface area contributed by atoms with E-state index in [0.717, 1.165) is 6.07 Å². The van der Waals surface area contributed by atoms with E-state index >= 15 is 0 Å². The molecule has 2 heterocycles. The van der Waals surface area contributed by atoms with Crippen molar-refractivity contribution in [1.29, 1.82) is 0 Å². The Kier molecular flexibility index (Phi) is 6.83. The molecule has 30 heavy (non-hydrogen) atoms. The normalized spacial score (nSPS) is 12.1. The zero-order chi connectivity index (χ0) is 21.8. The van der Waals surface area contributed by atoms with Gasteiger partial charge in [-0.25, -0.2) is 22.4 Å². The Morgan fingerprint density at radius 2 is 1.97 bits per heavy atom. The van der Waals surface area contributed by atoms with Crippen molar-refractivity contribution in [2.45, 2.75) is 11.3 Å². The molecule has 0 saturated heterocycles. The van der Waals surface area contributed by atoms with Gasteiger partial charge in [-0.1, -0.05) is 17.7 Å². The van der Waals surface area contributed by atoms with E-state index in [4.69, 9.17) is 16.3 Å². The average Bonchev–Trinajstić information content (AvgIpc) is 2.71. The zero-order valence-corrected chi connectivity index (χ0v) is 17.3. The number of halogens is 4. The second kappa shape index (κ2) is 9.35. The molecule has 7 nitrogen and oxygen atoms in total. The number of rotatable bonds is 8. The largest absolute Gasteiger partial charge is 0.479 e. The number of hydrogen-bond donors (Lipinski definition) is 2. The molecule has 12 heteroatoms. The van der Waals surface area contributed by atoms with E-state index in [9.17, 15) is 17.4 Å². The van der Waals surface area contributed by atoms with Gasteiger partial charge in [0.25, 0.3) is 12.3 Å². The highest BCUT2D eigenvalue weighted by Gasteiger charge is 2.19. The molecule has 2 N–H and O–H groups in total. The van der Waals surface area contributed by atoms with Gasteiger partial charge in [-0.3, -0.25) is 4.72 Å². The number of ether oxygens (including phenoxy) is 2. The molecule has 0 bridgehead atoms. The molecule has 1 aromatic carbocycles. The number of benzene rings is 1. The third-order valence-corrected chi connectivity index (χ3v) is 5.22. The van der Waals surface area contributed by atoms with Crippen molar-refractivity contribution >= 4 is 45.0 Å². The molecule has 0 spiro atoms. The summed E-state index contributed by atoms with van der Waals surface area (Å²) in [5.74, 6) is -1.39. The molecule has 0 saturated carbocycles. The van der Waals surface area contributed by atoms with Gasteiger partial charge in [0.2, 0.25) is 5.88 Å². The van der Waals surface area contributed by atoms with E-state index < -0.39 is 35.7 Å². The van der Waals surface area contributed by atoms with Gasteiger partial charge in [0, 0.05) is 23.5 Å². The van der Waals surface area contributed by atoms with Crippen molar-refractivity contribution in [2.75, 3.05) is 30.8 Å². The number of anilines is 2. The Bertz CT molecular complexity index is 1100. The summed E-state index contributed by atoms with van der Waals surface area (Å²) in [4.78, 5) is 8.44. The predicted octanol–water partition coefficient (Wildman–Crippen LogP) is 4.25. The van der Waals surface area contributed by atoms with Gasteiger partial charge in [0.1, 0.15) is 11.5 Å². The molecule has 0 aliphatic carbocycles. The molecule has 1 unspecified atom stereocenters. The number of hydrogen-bond acceptors (Lipinski definition) is 6. The summed E-state index contributed by atoms with van der Waals surface area (Å²) in [6, 6.07) is 7.38. The quantitative estimate of drug-likeness (QED) is 0.522. The molecule has 1 atom stereocenters. The average molecular weight is 461 g/mol. The second-order valence-corrected chi connectivity index (χ2v) is 7.44. The Balaban J connectivity index is 1.97. The smallest absolute Gasteiger partial charge is 0.272 e. The number of nitrogens with one attached hydrogen (secondary N) is 2. The lowest BCUT2D eigenvalue weighted by atomic mass is 10.2. The summed E-state index contributed by atoms with van der Waals surface area (Å²) < 4.78 is 64.2. The van der Waals surface area contributed by atoms with Crippen LogP contribution in [0.5, 0.6) is 11.8 Å². The van der Waals surface area contributed by atoms with Crippen LogP contribution in [0.1, 0.15) is 0 Å². The van der Waals surface area contributed by atoms with Gasteiger partial charge in [0.15, 0.2) is 23.4 Å². The van der Waals surface area contributed by atoms with Crippen molar-refractivity contribution in [3.8, 4) is 11.8 Å². The highest BCUT2D eigenvalue weighted by molar-refractivity contribution is 7.86. The van der Waals surface area contributed by atoms with Crippen LogP contribution in [0.2, 0.25) is 5.02 Å². The highest BCUT2D eigenvalue weighted by atomic mass is 35.5. The summed E-state index contributed by atoms with van der Waals surface area (Å²) in [6.45, 7) is -1.02. The molecule has 0 aliphatic rings. The van der Waals surface area contributed by atoms with Crippen molar-refractivity contribution in [1.82, 2.24) is 9.97 Å². The molecule has 0 aliphatic heterocycles. The van der Waals surface area contributed by atoms with E-state index in [1.54, 1.807) is 31.3 Å². The molecule has 2 aromatic heterocycles. The zero-order valence-electron chi connectivity index (χ0n) is 15.7. The van der Waals surface area contributed by atoms with Crippen LogP contribution < -0.4 is 19.5 Å². The topological polar surface area (TPSA) is 85.4 Å². The Hall–Kier alpha value is -2.79. The van der Waals surface area contributed by atoms with E-state index in [0.29, 0.717) is 26.6 Å². The van der Waals surface area contributed by atoms with Crippen LogP contribution in [0.15, 0.2) is 35.2 Å². The monoisotopic (exact) mass is 460 g/mol. The van der Waals surface area contributed by atoms with Crippen molar-refractivity contribution in [3.05, 3.63) is 41.2 Å². The first-order valence-electron chi connectivity index (χ1n) is 8.44. The van der Waals surface area contributed by atoms with Crippen LogP contribution in [0, 0.1) is 5.82 Å². The first-order chi connectivity index (χ1) is 14.3. The number of methoxy groups -OCH3 is 1. The second-order valence-electron chi connectivity index (χ2n) is 5.82. The van der Waals surface area contributed by atoms with Crippen LogP contribution in [0.3, 0.4) is 0 Å². The third kappa shape index (κ3) is 4.85. The lowest BCUT2D eigenvalue weighted by Gasteiger charge is -2.14. The van der Waals surface area contributed by atoms with Crippen LogP contribution in [0.4, 0.5) is 24.7 Å². The molecule has 0 fully saturated rings. The molecule has 0 amide bonds. The van der Waals surface area contributed by atoms with Crippen molar-refractivity contribution in [2.24, 2.45) is 0 Å². The van der Waals surface area contributed by atoms with E-state index in [1.165, 1.54) is 7.11 Å². The number of aromatic nitrogens is 2. The van der Waals surface area contributed by atoms with Gasteiger partial charge < -0.3 is 14.8 Å². The summed E-state index contributed by atoms with van der Waals surface area (Å²) in [5, 5.41) is 3.89. The van der Waals surface area contributed by atoms with Crippen molar-refractivity contribution in [3.63, 3.8) is 0 Å². The molecule has 3 aromatic rings. The van der Waals surface area contributed by atoms with Crippen LogP contribution in [-0.4, -0.2) is 41.4 Å². The van der Waals surface area contributed by atoms with Crippen LogP contribution in [-0.2, 0) is 11.0 Å². The minimum Gasteiger partial charge on any atom is -0.479 e. The maximum Gasteiger partial charge on any atom is 0.272 e. The minimum atomic E-state index is -2.79. The van der Waals surface area contributed by atoms with Gasteiger partial charge in [-0.05, 0) is 18.2 Å².